The van der Waals surface area contributed by atoms with Crippen LogP contribution in [0.15, 0.2) is 28.0 Å². The van der Waals surface area contributed by atoms with E-state index in [1.165, 1.54) is 29.6 Å². The smallest absolute Gasteiger partial charge is 0.246 e. The number of methoxy groups -OCH3 is 1. The third kappa shape index (κ3) is 3.05. The summed E-state index contributed by atoms with van der Waals surface area (Å²) in [4.78, 5) is -0.116. The second-order valence-electron chi connectivity index (χ2n) is 6.60. The third-order valence-electron chi connectivity index (χ3n) is 4.92. The molecule has 0 radical (unpaired) electrons. The van der Waals surface area contributed by atoms with E-state index in [0.29, 0.717) is 13.1 Å². The van der Waals surface area contributed by atoms with Crippen LogP contribution in [-0.2, 0) is 19.9 Å². The zero-order valence-corrected chi connectivity index (χ0v) is 15.4. The number of hydrogen-bond donors (Lipinski definition) is 1. The molecule has 1 aromatic rings. The minimum atomic E-state index is -3.81. The van der Waals surface area contributed by atoms with Gasteiger partial charge in [0.25, 0.3) is 0 Å². The predicted molar refractivity (Wildman–Crippen MR) is 89.4 cm³/mol. The lowest BCUT2D eigenvalue weighted by Crippen LogP contribution is -2.33. The highest BCUT2D eigenvalue weighted by Gasteiger charge is 2.45. The van der Waals surface area contributed by atoms with Gasteiger partial charge in [-0.3, -0.25) is 0 Å². The van der Waals surface area contributed by atoms with E-state index in [0.717, 1.165) is 32.2 Å². The Balaban J connectivity index is 2.00. The Bertz CT molecular complexity index is 843. The van der Waals surface area contributed by atoms with E-state index in [1.807, 2.05) is 0 Å². The maximum atomic E-state index is 13.1. The first-order valence-electron chi connectivity index (χ1n) is 7.77. The van der Waals surface area contributed by atoms with Crippen LogP contribution in [0.4, 0.5) is 0 Å². The Kier molecular flexibility index (Phi) is 4.40. The van der Waals surface area contributed by atoms with Crippen molar-refractivity contribution in [3.63, 3.8) is 0 Å². The van der Waals surface area contributed by atoms with Crippen LogP contribution >= 0.6 is 0 Å². The van der Waals surface area contributed by atoms with Gasteiger partial charge in [0.1, 0.15) is 10.6 Å². The maximum absolute atomic E-state index is 13.1. The summed E-state index contributed by atoms with van der Waals surface area (Å²) >= 11 is 0. The summed E-state index contributed by atoms with van der Waals surface area (Å²) in [7, 11) is -5.94. The van der Waals surface area contributed by atoms with Crippen molar-refractivity contribution in [2.24, 2.45) is 5.41 Å². The Morgan fingerprint density at radius 1 is 1.21 bits per heavy atom. The van der Waals surface area contributed by atoms with Crippen molar-refractivity contribution < 1.29 is 21.6 Å². The Labute approximate surface area is 143 Å². The van der Waals surface area contributed by atoms with Crippen LogP contribution in [0.1, 0.15) is 12.8 Å². The summed E-state index contributed by atoms with van der Waals surface area (Å²) in [5.74, 6) is 0.160. The summed E-state index contributed by atoms with van der Waals surface area (Å²) in [5.41, 5.74) is -0.00521. The molecule has 0 aromatic heterocycles. The van der Waals surface area contributed by atoms with Crippen LogP contribution in [0.3, 0.4) is 0 Å². The number of rotatable bonds is 4. The molecule has 2 saturated heterocycles. The molecule has 2 fully saturated rings. The molecule has 2 heterocycles. The van der Waals surface area contributed by atoms with Crippen molar-refractivity contribution in [2.45, 2.75) is 22.6 Å². The van der Waals surface area contributed by atoms with E-state index < -0.39 is 19.9 Å². The Morgan fingerprint density at radius 2 is 1.96 bits per heavy atom. The molecule has 1 aromatic carbocycles. The van der Waals surface area contributed by atoms with Crippen molar-refractivity contribution in [3.05, 3.63) is 18.2 Å². The van der Waals surface area contributed by atoms with Crippen LogP contribution < -0.4 is 10.1 Å². The van der Waals surface area contributed by atoms with Crippen molar-refractivity contribution in [1.82, 2.24) is 9.62 Å². The lowest BCUT2D eigenvalue weighted by molar-refractivity contribution is 0.337. The standard InChI is InChI=1S/C15H22N2O5S2/c1-22-13-4-3-12(23(2,18)19)9-14(13)24(20,21)17-8-6-15(11-17)5-7-16-10-15/h3-4,9,16H,5-8,10-11H2,1-2H3. The Morgan fingerprint density at radius 3 is 2.54 bits per heavy atom. The molecule has 134 valence electrons. The zero-order chi connectivity index (χ0) is 17.6. The van der Waals surface area contributed by atoms with Crippen molar-refractivity contribution >= 4 is 19.9 Å². The molecule has 2 aliphatic rings. The van der Waals surface area contributed by atoms with Gasteiger partial charge in [0.2, 0.25) is 10.0 Å². The SMILES string of the molecule is COc1ccc(S(C)(=O)=O)cc1S(=O)(=O)N1CCC2(CCNC2)C1. The minimum Gasteiger partial charge on any atom is -0.495 e. The quantitative estimate of drug-likeness (QED) is 0.824. The second-order valence-corrected chi connectivity index (χ2v) is 10.5. The molecule has 0 bridgehead atoms. The van der Waals surface area contributed by atoms with Gasteiger partial charge in [-0.25, -0.2) is 16.8 Å². The van der Waals surface area contributed by atoms with E-state index in [4.69, 9.17) is 4.74 Å². The van der Waals surface area contributed by atoms with Crippen LogP contribution in [0, 0.1) is 5.41 Å². The van der Waals surface area contributed by atoms with Crippen LogP contribution in [0.5, 0.6) is 5.75 Å². The number of benzene rings is 1. The van der Waals surface area contributed by atoms with E-state index in [9.17, 15) is 16.8 Å². The molecule has 1 spiro atoms. The van der Waals surface area contributed by atoms with E-state index in [1.54, 1.807) is 0 Å². The molecule has 24 heavy (non-hydrogen) atoms. The van der Waals surface area contributed by atoms with E-state index in [2.05, 4.69) is 5.32 Å². The van der Waals surface area contributed by atoms with Gasteiger partial charge in [-0.2, -0.15) is 4.31 Å². The average molecular weight is 374 g/mol. The summed E-state index contributed by atoms with van der Waals surface area (Å²) < 4.78 is 56.3. The summed E-state index contributed by atoms with van der Waals surface area (Å²) in [6, 6.07) is 3.95. The third-order valence-corrected chi connectivity index (χ3v) is 7.89. The molecule has 0 aliphatic carbocycles. The van der Waals surface area contributed by atoms with Gasteiger partial charge in [0, 0.05) is 25.9 Å². The van der Waals surface area contributed by atoms with Crippen LogP contribution in [0.25, 0.3) is 0 Å². The zero-order valence-electron chi connectivity index (χ0n) is 13.8. The number of sulfonamides is 1. The van der Waals surface area contributed by atoms with Crippen LogP contribution in [0.2, 0.25) is 0 Å². The first-order chi connectivity index (χ1) is 11.2. The fourth-order valence-electron chi connectivity index (χ4n) is 3.47. The highest BCUT2D eigenvalue weighted by atomic mass is 32.2. The molecule has 1 unspecified atom stereocenters. The minimum absolute atomic E-state index is 0.00521. The molecule has 2 aliphatic heterocycles. The number of sulfone groups is 1. The number of hydrogen-bond acceptors (Lipinski definition) is 6. The molecular formula is C15H22N2O5S2. The molecule has 0 amide bonds. The predicted octanol–water partition coefficient (Wildman–Crippen LogP) is 0.473. The maximum Gasteiger partial charge on any atom is 0.246 e. The average Bonchev–Trinajstić information content (AvgIpc) is 3.16. The van der Waals surface area contributed by atoms with Crippen LogP contribution in [-0.4, -0.2) is 60.7 Å². The van der Waals surface area contributed by atoms with Gasteiger partial charge in [-0.05, 0) is 43.0 Å². The Hall–Kier alpha value is -1.16. The molecule has 3 rings (SSSR count). The first-order valence-corrected chi connectivity index (χ1v) is 11.1. The monoisotopic (exact) mass is 374 g/mol. The van der Waals surface area contributed by atoms with E-state index >= 15 is 0 Å². The number of nitrogens with one attached hydrogen (secondary N) is 1. The van der Waals surface area contributed by atoms with Gasteiger partial charge >= 0.3 is 0 Å². The topological polar surface area (TPSA) is 92.8 Å². The fraction of sp³-hybridized carbons (Fsp3) is 0.600. The fourth-order valence-corrected chi connectivity index (χ4v) is 5.93. The van der Waals surface area contributed by atoms with Gasteiger partial charge in [0.15, 0.2) is 9.84 Å². The van der Waals surface area contributed by atoms with Gasteiger partial charge in [-0.1, -0.05) is 0 Å². The first kappa shape index (κ1) is 17.7. The number of ether oxygens (including phenoxy) is 1. The molecular weight excluding hydrogens is 352 g/mol. The van der Waals surface area contributed by atoms with Gasteiger partial charge in [0.05, 0.1) is 12.0 Å². The second kappa shape index (κ2) is 5.98. The highest BCUT2D eigenvalue weighted by Crippen LogP contribution is 2.40. The molecule has 1 N–H and O–H groups in total. The normalized spacial score (nSPS) is 25.4. The molecule has 0 saturated carbocycles. The van der Waals surface area contributed by atoms with Crippen molar-refractivity contribution in [2.75, 3.05) is 39.5 Å². The van der Waals surface area contributed by atoms with Gasteiger partial charge in [-0.15, -0.1) is 0 Å². The highest BCUT2D eigenvalue weighted by molar-refractivity contribution is 7.91. The lowest BCUT2D eigenvalue weighted by Gasteiger charge is -2.23. The number of nitrogens with zero attached hydrogens (tertiary/aromatic N) is 1. The summed E-state index contributed by atoms with van der Waals surface area (Å²) in [5, 5.41) is 3.29. The summed E-state index contributed by atoms with van der Waals surface area (Å²) in [6.07, 6.45) is 2.83. The summed E-state index contributed by atoms with van der Waals surface area (Å²) in [6.45, 7) is 2.62. The van der Waals surface area contributed by atoms with Gasteiger partial charge < -0.3 is 10.1 Å². The lowest BCUT2D eigenvalue weighted by atomic mass is 9.87. The molecule has 7 nitrogen and oxygen atoms in total. The van der Waals surface area contributed by atoms with Crippen molar-refractivity contribution in [1.29, 1.82) is 0 Å². The van der Waals surface area contributed by atoms with E-state index in [-0.39, 0.29) is 21.0 Å². The molecule has 1 atom stereocenters. The van der Waals surface area contributed by atoms with Crippen molar-refractivity contribution in [3.8, 4) is 5.75 Å². The largest absolute Gasteiger partial charge is 0.495 e. The molecule has 9 heteroatoms.